The van der Waals surface area contributed by atoms with Crippen LogP contribution in [0.25, 0.3) is 0 Å². The summed E-state index contributed by atoms with van der Waals surface area (Å²) in [6.07, 6.45) is 5.92. The van der Waals surface area contributed by atoms with Crippen LogP contribution in [-0.2, 0) is 14.3 Å². The number of rotatable bonds is 18. The molecule has 5 atom stereocenters. The lowest BCUT2D eigenvalue weighted by molar-refractivity contribution is -0.140. The Hall–Kier alpha value is -1.30. The fraction of sp³-hybridized carbons (Fsp3) is 0.895. The van der Waals surface area contributed by atoms with Crippen molar-refractivity contribution in [2.45, 2.75) is 88.2 Å². The summed E-state index contributed by atoms with van der Waals surface area (Å²) in [6.45, 7) is 1.69. The standard InChI is InChI=1S/C19H40N6O4/c20-10-4-1-7-13(23)17(26)24-14(8-2-5-11-21)16-18(29-16)25-15(19(27)28)9-3-6-12-22/h13-16,18,25H,1-12,20-23H2,(H,24,26)(H,27,28). The number of carbonyl (C=O) groups is 2. The highest BCUT2D eigenvalue weighted by molar-refractivity contribution is 5.81. The van der Waals surface area contributed by atoms with Gasteiger partial charge in [-0.2, -0.15) is 0 Å². The summed E-state index contributed by atoms with van der Waals surface area (Å²) in [7, 11) is 0. The number of epoxide rings is 1. The predicted octanol–water partition coefficient (Wildman–Crippen LogP) is -1.05. The summed E-state index contributed by atoms with van der Waals surface area (Å²) in [4.78, 5) is 23.9. The number of ether oxygens (including phenoxy) is 1. The maximum absolute atomic E-state index is 12.5. The molecule has 0 aromatic heterocycles. The van der Waals surface area contributed by atoms with E-state index in [1.54, 1.807) is 0 Å². The summed E-state index contributed by atoms with van der Waals surface area (Å²) in [5, 5.41) is 15.4. The van der Waals surface area contributed by atoms with Crippen molar-refractivity contribution in [1.82, 2.24) is 10.6 Å². The zero-order valence-electron chi connectivity index (χ0n) is 17.4. The van der Waals surface area contributed by atoms with Crippen LogP contribution in [0.2, 0.25) is 0 Å². The average Bonchev–Trinajstić information content (AvgIpc) is 3.45. The van der Waals surface area contributed by atoms with E-state index in [0.717, 1.165) is 38.5 Å². The SMILES string of the molecule is NCCCCC(N)C(=O)NC(CCCCN)C1OC1NC(CCCCN)C(=O)O. The second-order valence-corrected chi connectivity index (χ2v) is 7.65. The zero-order valence-corrected chi connectivity index (χ0v) is 17.4. The molecule has 0 saturated carbocycles. The molecule has 0 spiro atoms. The molecule has 29 heavy (non-hydrogen) atoms. The molecule has 1 aliphatic rings. The van der Waals surface area contributed by atoms with Crippen molar-refractivity contribution in [2.24, 2.45) is 22.9 Å². The lowest BCUT2D eigenvalue weighted by Gasteiger charge is -2.20. The molecular weight excluding hydrogens is 376 g/mol. The largest absolute Gasteiger partial charge is 0.480 e. The van der Waals surface area contributed by atoms with Crippen LogP contribution < -0.4 is 33.6 Å². The summed E-state index contributed by atoms with van der Waals surface area (Å²) in [5.74, 6) is -1.13. The maximum Gasteiger partial charge on any atom is 0.320 e. The van der Waals surface area contributed by atoms with Crippen molar-refractivity contribution in [1.29, 1.82) is 0 Å². The van der Waals surface area contributed by atoms with E-state index in [9.17, 15) is 14.7 Å². The molecule has 10 nitrogen and oxygen atoms in total. The third-order valence-corrected chi connectivity index (χ3v) is 5.14. The average molecular weight is 417 g/mol. The van der Waals surface area contributed by atoms with Crippen LogP contribution in [0, 0.1) is 0 Å². The van der Waals surface area contributed by atoms with Crippen LogP contribution in [0.1, 0.15) is 57.8 Å². The van der Waals surface area contributed by atoms with E-state index >= 15 is 0 Å². The quantitative estimate of drug-likeness (QED) is 0.108. The Labute approximate surface area is 173 Å². The molecule has 170 valence electrons. The van der Waals surface area contributed by atoms with Crippen molar-refractivity contribution < 1.29 is 19.4 Å². The monoisotopic (exact) mass is 416 g/mol. The van der Waals surface area contributed by atoms with Crippen LogP contribution in [-0.4, -0.2) is 67.1 Å². The van der Waals surface area contributed by atoms with Gasteiger partial charge in [-0.05, 0) is 58.2 Å². The van der Waals surface area contributed by atoms with E-state index in [4.69, 9.17) is 27.7 Å². The zero-order chi connectivity index (χ0) is 21.6. The van der Waals surface area contributed by atoms with E-state index in [2.05, 4.69) is 10.6 Å². The predicted molar refractivity (Wildman–Crippen MR) is 112 cm³/mol. The number of carbonyl (C=O) groups excluding carboxylic acids is 1. The second-order valence-electron chi connectivity index (χ2n) is 7.65. The van der Waals surface area contributed by atoms with Gasteiger partial charge in [0.2, 0.25) is 5.91 Å². The minimum atomic E-state index is -0.915. The first kappa shape index (κ1) is 25.7. The Balaban J connectivity index is 2.56. The molecule has 1 heterocycles. The first-order chi connectivity index (χ1) is 13.9. The molecule has 1 rings (SSSR count). The van der Waals surface area contributed by atoms with Gasteiger partial charge in [-0.3, -0.25) is 14.9 Å². The van der Waals surface area contributed by atoms with Gasteiger partial charge in [-0.1, -0.05) is 19.3 Å². The molecule has 11 N–H and O–H groups in total. The Kier molecular flexibility index (Phi) is 13.0. The molecule has 0 aliphatic carbocycles. The minimum Gasteiger partial charge on any atom is -0.480 e. The van der Waals surface area contributed by atoms with Crippen molar-refractivity contribution >= 4 is 11.9 Å². The van der Waals surface area contributed by atoms with Gasteiger partial charge in [0.15, 0.2) is 0 Å². The highest BCUT2D eigenvalue weighted by Crippen LogP contribution is 2.27. The highest BCUT2D eigenvalue weighted by Gasteiger charge is 2.47. The van der Waals surface area contributed by atoms with Gasteiger partial charge < -0.3 is 38.1 Å². The summed E-state index contributed by atoms with van der Waals surface area (Å²) in [5.41, 5.74) is 22.5. The molecular formula is C19H40N6O4. The third-order valence-electron chi connectivity index (χ3n) is 5.14. The van der Waals surface area contributed by atoms with Gasteiger partial charge in [0.05, 0.1) is 12.1 Å². The lowest BCUT2D eigenvalue weighted by Crippen LogP contribution is -2.49. The van der Waals surface area contributed by atoms with Crippen molar-refractivity contribution in [3.8, 4) is 0 Å². The van der Waals surface area contributed by atoms with Crippen LogP contribution in [0.4, 0.5) is 0 Å². The highest BCUT2D eigenvalue weighted by atomic mass is 16.6. The second kappa shape index (κ2) is 14.6. The number of aliphatic carboxylic acids is 1. The summed E-state index contributed by atoms with van der Waals surface area (Å²) < 4.78 is 5.67. The molecule has 1 amide bonds. The Bertz CT molecular complexity index is 482. The number of hydrogen-bond donors (Lipinski definition) is 7. The van der Waals surface area contributed by atoms with Crippen LogP contribution in [0.15, 0.2) is 0 Å². The lowest BCUT2D eigenvalue weighted by atomic mass is 10.0. The molecule has 5 unspecified atom stereocenters. The number of carboxylic acid groups (broad SMARTS) is 1. The molecule has 0 radical (unpaired) electrons. The van der Waals surface area contributed by atoms with Gasteiger partial charge in [-0.25, -0.2) is 0 Å². The first-order valence-corrected chi connectivity index (χ1v) is 10.7. The Morgan fingerprint density at radius 2 is 1.45 bits per heavy atom. The van der Waals surface area contributed by atoms with Gasteiger partial charge in [0.25, 0.3) is 0 Å². The Morgan fingerprint density at radius 1 is 0.897 bits per heavy atom. The van der Waals surface area contributed by atoms with Crippen LogP contribution in [0.3, 0.4) is 0 Å². The fourth-order valence-corrected chi connectivity index (χ4v) is 3.29. The first-order valence-electron chi connectivity index (χ1n) is 10.7. The third kappa shape index (κ3) is 10.3. The Morgan fingerprint density at radius 3 is 2.00 bits per heavy atom. The van der Waals surface area contributed by atoms with Crippen molar-refractivity contribution in [3.05, 3.63) is 0 Å². The van der Waals surface area contributed by atoms with E-state index in [1.807, 2.05) is 0 Å². The van der Waals surface area contributed by atoms with E-state index in [1.165, 1.54) is 0 Å². The maximum atomic E-state index is 12.5. The van der Waals surface area contributed by atoms with Gasteiger partial charge in [-0.15, -0.1) is 0 Å². The topological polar surface area (TPSA) is 195 Å². The molecule has 1 fully saturated rings. The van der Waals surface area contributed by atoms with Gasteiger partial charge in [0.1, 0.15) is 18.4 Å². The van der Waals surface area contributed by atoms with E-state index < -0.39 is 24.3 Å². The summed E-state index contributed by atoms with van der Waals surface area (Å²) >= 11 is 0. The van der Waals surface area contributed by atoms with Crippen molar-refractivity contribution in [3.63, 3.8) is 0 Å². The number of nitrogens with one attached hydrogen (secondary N) is 2. The van der Waals surface area contributed by atoms with E-state index in [0.29, 0.717) is 38.9 Å². The molecule has 1 aliphatic heterocycles. The number of nitrogens with two attached hydrogens (primary N) is 4. The van der Waals surface area contributed by atoms with Gasteiger partial charge >= 0.3 is 5.97 Å². The smallest absolute Gasteiger partial charge is 0.320 e. The van der Waals surface area contributed by atoms with Crippen molar-refractivity contribution in [2.75, 3.05) is 19.6 Å². The summed E-state index contributed by atoms with van der Waals surface area (Å²) in [6, 6.07) is -1.52. The normalized spacial score (nSPS) is 21.4. The number of amides is 1. The molecule has 0 aromatic rings. The number of hydrogen-bond acceptors (Lipinski definition) is 8. The molecule has 1 saturated heterocycles. The molecule has 10 heteroatoms. The molecule has 0 aromatic carbocycles. The fourth-order valence-electron chi connectivity index (χ4n) is 3.29. The van der Waals surface area contributed by atoms with Gasteiger partial charge in [0, 0.05) is 0 Å². The minimum absolute atomic E-state index is 0.216. The number of unbranched alkanes of at least 4 members (excludes halogenated alkanes) is 3. The van der Waals surface area contributed by atoms with E-state index in [-0.39, 0.29) is 18.1 Å². The number of carboxylic acids is 1. The molecule has 0 bridgehead atoms. The van der Waals surface area contributed by atoms with Crippen LogP contribution in [0.5, 0.6) is 0 Å². The van der Waals surface area contributed by atoms with Crippen LogP contribution >= 0.6 is 0 Å².